The van der Waals surface area contributed by atoms with E-state index in [2.05, 4.69) is 12.2 Å². The fourth-order valence-corrected chi connectivity index (χ4v) is 1.95. The predicted molar refractivity (Wildman–Crippen MR) is 88.5 cm³/mol. The first-order valence-corrected chi connectivity index (χ1v) is 7.95. The number of hydrogen-bond acceptors (Lipinski definition) is 4. The molecule has 0 saturated heterocycles. The number of rotatable bonds is 10. The van der Waals surface area contributed by atoms with E-state index in [1.54, 1.807) is 0 Å². The van der Waals surface area contributed by atoms with E-state index in [4.69, 9.17) is 10.5 Å². The van der Waals surface area contributed by atoms with E-state index in [-0.39, 0.29) is 0 Å². The van der Waals surface area contributed by atoms with Crippen LogP contribution in [0.1, 0.15) is 45.1 Å². The Morgan fingerprint density at radius 1 is 1.27 bits per heavy atom. The number of aliphatic hydroxyl groups excluding tert-OH is 1. The van der Waals surface area contributed by atoms with Crippen molar-refractivity contribution in [2.24, 2.45) is 5.73 Å². The Bertz CT molecular complexity index is 432. The Hall–Kier alpha value is -1.43. The van der Waals surface area contributed by atoms with E-state index >= 15 is 0 Å². The van der Waals surface area contributed by atoms with Crippen LogP contribution in [0, 0.1) is 0 Å². The zero-order chi connectivity index (χ0) is 16.4. The molecule has 0 fully saturated rings. The van der Waals surface area contributed by atoms with Gasteiger partial charge in [-0.1, -0.05) is 38.3 Å². The van der Waals surface area contributed by atoms with Gasteiger partial charge in [-0.05, 0) is 31.0 Å². The number of ether oxygens (including phenoxy) is 1. The lowest BCUT2D eigenvalue weighted by atomic mass is 10.1. The highest BCUT2D eigenvalue weighted by Gasteiger charge is 2.18. The maximum Gasteiger partial charge on any atom is 0.243 e. The lowest BCUT2D eigenvalue weighted by Crippen LogP contribution is -2.43. The summed E-state index contributed by atoms with van der Waals surface area (Å²) in [4.78, 5) is 11.7. The fraction of sp³-hybridized carbons (Fsp3) is 0.588. The highest BCUT2D eigenvalue weighted by atomic mass is 16.5. The minimum Gasteiger partial charge on any atom is -0.391 e. The van der Waals surface area contributed by atoms with Crippen molar-refractivity contribution < 1.29 is 14.6 Å². The molecule has 0 bridgehead atoms. The molecule has 22 heavy (non-hydrogen) atoms. The van der Waals surface area contributed by atoms with Gasteiger partial charge in [-0.2, -0.15) is 0 Å². The van der Waals surface area contributed by atoms with E-state index in [0.29, 0.717) is 12.3 Å². The quantitative estimate of drug-likeness (QED) is 0.580. The standard InChI is InChI=1S/C17H28N2O3/c1-3-4-5-6-11-22-12-14-7-9-15(10-8-14)19-17(21)16(18)13(2)20/h7-10,13,16,20H,3-6,11-12,18H2,1-2H3,(H,19,21)/t13-,16+/m1/s1. The van der Waals surface area contributed by atoms with Crippen LogP contribution in [-0.4, -0.2) is 29.8 Å². The summed E-state index contributed by atoms with van der Waals surface area (Å²) >= 11 is 0. The zero-order valence-corrected chi connectivity index (χ0v) is 13.5. The third-order valence-corrected chi connectivity index (χ3v) is 3.45. The molecule has 4 N–H and O–H groups in total. The molecule has 0 radical (unpaired) electrons. The average molecular weight is 308 g/mol. The normalized spacial score (nSPS) is 13.6. The Morgan fingerprint density at radius 2 is 1.95 bits per heavy atom. The highest BCUT2D eigenvalue weighted by Crippen LogP contribution is 2.11. The van der Waals surface area contributed by atoms with E-state index in [1.165, 1.54) is 26.2 Å². The number of carbonyl (C=O) groups is 1. The van der Waals surface area contributed by atoms with Crippen LogP contribution in [0.25, 0.3) is 0 Å². The third-order valence-electron chi connectivity index (χ3n) is 3.45. The first-order chi connectivity index (χ1) is 10.5. The van der Waals surface area contributed by atoms with Gasteiger partial charge in [0.05, 0.1) is 12.7 Å². The van der Waals surface area contributed by atoms with Crippen molar-refractivity contribution in [2.75, 3.05) is 11.9 Å². The van der Waals surface area contributed by atoms with Crippen LogP contribution in [0.15, 0.2) is 24.3 Å². The Labute approximate surface area is 132 Å². The maximum absolute atomic E-state index is 11.7. The van der Waals surface area contributed by atoms with Crippen molar-refractivity contribution in [3.8, 4) is 0 Å². The number of amides is 1. The van der Waals surface area contributed by atoms with E-state index in [9.17, 15) is 9.90 Å². The second kappa shape index (κ2) is 10.3. The number of nitrogens with one attached hydrogen (secondary N) is 1. The monoisotopic (exact) mass is 308 g/mol. The van der Waals surface area contributed by atoms with Gasteiger partial charge in [-0.3, -0.25) is 4.79 Å². The summed E-state index contributed by atoms with van der Waals surface area (Å²) in [5, 5.41) is 12.0. The van der Waals surface area contributed by atoms with Crippen molar-refractivity contribution in [3.63, 3.8) is 0 Å². The summed E-state index contributed by atoms with van der Waals surface area (Å²) in [6.45, 7) is 5.04. The third kappa shape index (κ3) is 7.02. The van der Waals surface area contributed by atoms with E-state index in [1.807, 2.05) is 24.3 Å². The molecule has 0 aliphatic carbocycles. The molecule has 124 valence electrons. The summed E-state index contributed by atoms with van der Waals surface area (Å²) in [5.74, 6) is -0.394. The van der Waals surface area contributed by atoms with Crippen molar-refractivity contribution >= 4 is 11.6 Å². The van der Waals surface area contributed by atoms with Crippen LogP contribution in [0.5, 0.6) is 0 Å². The number of nitrogens with two attached hydrogens (primary N) is 1. The Morgan fingerprint density at radius 3 is 2.55 bits per heavy atom. The van der Waals surface area contributed by atoms with E-state index in [0.717, 1.165) is 18.6 Å². The zero-order valence-electron chi connectivity index (χ0n) is 13.5. The average Bonchev–Trinajstić information content (AvgIpc) is 2.51. The minimum atomic E-state index is -0.925. The molecule has 0 heterocycles. The first-order valence-electron chi connectivity index (χ1n) is 7.95. The maximum atomic E-state index is 11.7. The molecule has 1 amide bonds. The van der Waals surface area contributed by atoms with Gasteiger partial charge in [-0.25, -0.2) is 0 Å². The van der Waals surface area contributed by atoms with Gasteiger partial charge in [-0.15, -0.1) is 0 Å². The van der Waals surface area contributed by atoms with Crippen LogP contribution in [-0.2, 0) is 16.1 Å². The van der Waals surface area contributed by atoms with Gasteiger partial charge < -0.3 is 20.9 Å². The predicted octanol–water partition coefficient (Wildman–Crippen LogP) is 2.43. The molecule has 1 aromatic carbocycles. The number of benzene rings is 1. The van der Waals surface area contributed by atoms with Crippen LogP contribution in [0.4, 0.5) is 5.69 Å². The smallest absolute Gasteiger partial charge is 0.243 e. The molecule has 0 unspecified atom stereocenters. The molecule has 1 rings (SSSR count). The molecule has 0 aromatic heterocycles. The first kappa shape index (κ1) is 18.6. The van der Waals surface area contributed by atoms with Gasteiger partial charge in [0.2, 0.25) is 5.91 Å². The lowest BCUT2D eigenvalue weighted by Gasteiger charge is -2.14. The number of anilines is 1. The summed E-state index contributed by atoms with van der Waals surface area (Å²) in [7, 11) is 0. The fourth-order valence-electron chi connectivity index (χ4n) is 1.95. The largest absolute Gasteiger partial charge is 0.391 e. The molecule has 0 aliphatic rings. The summed E-state index contributed by atoms with van der Waals surface area (Å²) in [5.41, 5.74) is 7.29. The molecule has 5 heteroatoms. The molecular formula is C17H28N2O3. The second-order valence-electron chi connectivity index (χ2n) is 5.57. The van der Waals surface area contributed by atoms with Crippen LogP contribution < -0.4 is 11.1 Å². The highest BCUT2D eigenvalue weighted by molar-refractivity contribution is 5.95. The lowest BCUT2D eigenvalue weighted by molar-refractivity contribution is -0.119. The number of aliphatic hydroxyl groups is 1. The molecule has 1 aromatic rings. The number of hydrogen-bond donors (Lipinski definition) is 3. The molecule has 5 nitrogen and oxygen atoms in total. The molecule has 0 saturated carbocycles. The Kier molecular flexibility index (Phi) is 8.74. The van der Waals surface area contributed by atoms with Crippen molar-refractivity contribution in [1.29, 1.82) is 0 Å². The van der Waals surface area contributed by atoms with Gasteiger partial charge >= 0.3 is 0 Å². The topological polar surface area (TPSA) is 84.6 Å². The van der Waals surface area contributed by atoms with Gasteiger partial charge in [0.25, 0.3) is 0 Å². The van der Waals surface area contributed by atoms with Gasteiger partial charge in [0.15, 0.2) is 0 Å². The molecular weight excluding hydrogens is 280 g/mol. The van der Waals surface area contributed by atoms with Crippen molar-refractivity contribution in [2.45, 2.75) is 58.3 Å². The summed E-state index contributed by atoms with van der Waals surface area (Å²) < 4.78 is 5.62. The minimum absolute atomic E-state index is 0.394. The summed E-state index contributed by atoms with van der Waals surface area (Å²) in [6, 6.07) is 6.52. The molecule has 0 spiro atoms. The van der Waals surface area contributed by atoms with Crippen molar-refractivity contribution in [1.82, 2.24) is 0 Å². The Balaban J connectivity index is 2.32. The number of unbranched alkanes of at least 4 members (excludes halogenated alkanes) is 3. The van der Waals surface area contributed by atoms with Crippen molar-refractivity contribution in [3.05, 3.63) is 29.8 Å². The molecule has 2 atom stereocenters. The van der Waals surface area contributed by atoms with Crippen LogP contribution >= 0.6 is 0 Å². The second-order valence-corrected chi connectivity index (χ2v) is 5.57. The van der Waals surface area contributed by atoms with E-state index < -0.39 is 18.1 Å². The SMILES string of the molecule is CCCCCCOCc1ccc(NC(=O)[C@@H](N)[C@@H](C)O)cc1. The molecule has 0 aliphatic heterocycles. The number of carbonyl (C=O) groups excluding carboxylic acids is 1. The van der Waals surface area contributed by atoms with Gasteiger partial charge in [0, 0.05) is 12.3 Å². The van der Waals surface area contributed by atoms with Crippen LogP contribution in [0.3, 0.4) is 0 Å². The van der Waals surface area contributed by atoms with Crippen LogP contribution in [0.2, 0.25) is 0 Å². The summed E-state index contributed by atoms with van der Waals surface area (Å²) in [6.07, 6.45) is 3.92. The van der Waals surface area contributed by atoms with Gasteiger partial charge in [0.1, 0.15) is 6.04 Å².